The van der Waals surface area contributed by atoms with Crippen LogP contribution in [0.2, 0.25) is 0 Å². The normalized spacial score (nSPS) is 41.8. The number of fused-ring (bicyclic) bond motifs is 4. The summed E-state index contributed by atoms with van der Waals surface area (Å²) in [5, 5.41) is 0. The van der Waals surface area contributed by atoms with Crippen molar-refractivity contribution in [2.75, 3.05) is 0 Å². The summed E-state index contributed by atoms with van der Waals surface area (Å²) in [7, 11) is 0. The van der Waals surface area contributed by atoms with Gasteiger partial charge in [0.1, 0.15) is 0 Å². The zero-order chi connectivity index (χ0) is 15.0. The molecule has 0 saturated heterocycles. The largest absolute Gasteiger partial charge is 0.0770 e. The Kier molecular flexibility index (Phi) is 2.90. The van der Waals surface area contributed by atoms with Gasteiger partial charge in [-0.15, -0.1) is 0 Å². The molecule has 0 nitrogen and oxygen atoms in total. The minimum atomic E-state index is 0.498. The van der Waals surface area contributed by atoms with E-state index in [2.05, 4.69) is 67.5 Å². The molecule has 0 aromatic carbocycles. The number of allylic oxidation sites excluding steroid dienone is 4. The molecule has 0 aromatic rings. The molecular formula is C20H32. The molecule has 3 aliphatic rings. The monoisotopic (exact) mass is 272 g/mol. The molecule has 0 bridgehead atoms. The fourth-order valence-corrected chi connectivity index (χ4v) is 5.81. The molecule has 0 spiro atoms. The highest BCUT2D eigenvalue weighted by molar-refractivity contribution is 5.55. The molecule has 3 aliphatic carbocycles. The van der Waals surface area contributed by atoms with Gasteiger partial charge in [0, 0.05) is 10.8 Å². The van der Waals surface area contributed by atoms with Gasteiger partial charge in [0.15, 0.2) is 0 Å². The second kappa shape index (κ2) is 4.02. The topological polar surface area (TPSA) is 0 Å². The fraction of sp³-hybridized carbons (Fsp3) is 0.800. The number of hydrogen-bond acceptors (Lipinski definition) is 0. The summed E-state index contributed by atoms with van der Waals surface area (Å²) in [6, 6.07) is 0. The third-order valence-electron chi connectivity index (χ3n) is 6.83. The van der Waals surface area contributed by atoms with Crippen LogP contribution in [0.25, 0.3) is 0 Å². The average Bonchev–Trinajstić information content (AvgIpc) is 2.25. The highest BCUT2D eigenvalue weighted by atomic mass is 14.8. The van der Waals surface area contributed by atoms with Crippen LogP contribution in [-0.4, -0.2) is 0 Å². The van der Waals surface area contributed by atoms with Gasteiger partial charge in [0.25, 0.3) is 0 Å². The molecule has 20 heavy (non-hydrogen) atoms. The summed E-state index contributed by atoms with van der Waals surface area (Å²) >= 11 is 0. The first-order valence-corrected chi connectivity index (χ1v) is 8.66. The maximum absolute atomic E-state index is 2.69. The lowest BCUT2D eigenvalue weighted by molar-refractivity contribution is -0.207. The van der Waals surface area contributed by atoms with E-state index in [9.17, 15) is 0 Å². The summed E-state index contributed by atoms with van der Waals surface area (Å²) in [5.74, 6) is 4.66. The Labute approximate surface area is 125 Å². The Hall–Kier alpha value is -0.520. The zero-order valence-electron chi connectivity index (χ0n) is 14.6. The van der Waals surface area contributed by atoms with Gasteiger partial charge in [-0.25, -0.2) is 0 Å². The Morgan fingerprint density at radius 2 is 0.950 bits per heavy atom. The van der Waals surface area contributed by atoms with E-state index in [4.69, 9.17) is 0 Å². The van der Waals surface area contributed by atoms with Gasteiger partial charge in [-0.05, 0) is 35.5 Å². The Morgan fingerprint density at radius 1 is 0.650 bits per heavy atom. The van der Waals surface area contributed by atoms with Gasteiger partial charge in [-0.1, -0.05) is 78.7 Å². The van der Waals surface area contributed by atoms with Crippen molar-refractivity contribution >= 4 is 0 Å². The van der Waals surface area contributed by atoms with Crippen molar-refractivity contribution in [2.45, 2.75) is 55.4 Å². The SMILES string of the molecule is CC(C)C1=CC2(C(C)C)C1C1(C(C)C)C=C(C(C)C)C21. The smallest absolute Gasteiger partial charge is 0.00559 e. The molecule has 0 atom stereocenters. The van der Waals surface area contributed by atoms with E-state index in [1.807, 2.05) is 0 Å². The van der Waals surface area contributed by atoms with Crippen molar-refractivity contribution in [1.82, 2.24) is 0 Å². The first-order chi connectivity index (χ1) is 9.21. The van der Waals surface area contributed by atoms with Crippen LogP contribution in [0.1, 0.15) is 55.4 Å². The molecule has 0 radical (unpaired) electrons. The van der Waals surface area contributed by atoms with Crippen LogP contribution in [0.15, 0.2) is 23.3 Å². The summed E-state index contributed by atoms with van der Waals surface area (Å²) in [6.07, 6.45) is 5.38. The molecule has 0 heteroatoms. The fourth-order valence-electron chi connectivity index (χ4n) is 5.81. The van der Waals surface area contributed by atoms with Crippen LogP contribution in [0.5, 0.6) is 0 Å². The minimum Gasteiger partial charge on any atom is -0.0770 e. The standard InChI is InChI=1S/C20H32/c1-11(2)15-9-19(13(5)6)17(15)20(14(7)8)10-16(12(3)4)18(19)20/h9-14,17-18H,1-8H3. The second-order valence-corrected chi connectivity index (χ2v) is 8.77. The molecule has 0 amide bonds. The summed E-state index contributed by atoms with van der Waals surface area (Å²) in [6.45, 7) is 19.3. The van der Waals surface area contributed by atoms with E-state index in [1.165, 1.54) is 0 Å². The molecule has 0 aliphatic heterocycles. The van der Waals surface area contributed by atoms with Crippen LogP contribution in [0, 0.1) is 46.3 Å². The van der Waals surface area contributed by atoms with Crippen LogP contribution >= 0.6 is 0 Å². The van der Waals surface area contributed by atoms with Crippen LogP contribution in [0.3, 0.4) is 0 Å². The van der Waals surface area contributed by atoms with E-state index in [-0.39, 0.29) is 0 Å². The maximum atomic E-state index is 2.69. The van der Waals surface area contributed by atoms with Gasteiger partial charge in [0.05, 0.1) is 0 Å². The Bertz CT molecular complexity index is 430. The minimum absolute atomic E-state index is 0.498. The second-order valence-electron chi connectivity index (χ2n) is 8.77. The van der Waals surface area contributed by atoms with Gasteiger partial charge in [0.2, 0.25) is 0 Å². The predicted molar refractivity (Wildman–Crippen MR) is 87.4 cm³/mol. The van der Waals surface area contributed by atoms with Crippen LogP contribution < -0.4 is 0 Å². The summed E-state index contributed by atoms with van der Waals surface area (Å²) < 4.78 is 0. The molecule has 112 valence electrons. The lowest BCUT2D eigenvalue weighted by atomic mass is 9.22. The first-order valence-electron chi connectivity index (χ1n) is 8.66. The molecule has 0 N–H and O–H groups in total. The lowest BCUT2D eigenvalue weighted by Gasteiger charge is -2.81. The zero-order valence-corrected chi connectivity index (χ0v) is 14.6. The molecular weight excluding hydrogens is 240 g/mol. The van der Waals surface area contributed by atoms with E-state index < -0.39 is 0 Å². The average molecular weight is 272 g/mol. The Balaban J connectivity index is 2.07. The highest BCUT2D eigenvalue weighted by Gasteiger charge is 2.79. The van der Waals surface area contributed by atoms with E-state index >= 15 is 0 Å². The number of rotatable bonds is 4. The first kappa shape index (κ1) is 14.4. The lowest BCUT2D eigenvalue weighted by Crippen LogP contribution is -2.76. The van der Waals surface area contributed by atoms with Gasteiger partial charge in [-0.3, -0.25) is 0 Å². The van der Waals surface area contributed by atoms with Crippen molar-refractivity contribution in [3.8, 4) is 0 Å². The molecule has 0 heterocycles. The van der Waals surface area contributed by atoms with Gasteiger partial charge in [-0.2, -0.15) is 0 Å². The third kappa shape index (κ3) is 1.26. The molecule has 1 fully saturated rings. The quantitative estimate of drug-likeness (QED) is 0.575. The van der Waals surface area contributed by atoms with E-state index in [0.29, 0.717) is 10.8 Å². The molecule has 1 saturated carbocycles. The molecule has 3 rings (SSSR count). The van der Waals surface area contributed by atoms with Crippen LogP contribution in [-0.2, 0) is 0 Å². The maximum Gasteiger partial charge on any atom is 0.00559 e. The van der Waals surface area contributed by atoms with Crippen molar-refractivity contribution < 1.29 is 0 Å². The number of hydrogen-bond donors (Lipinski definition) is 0. The van der Waals surface area contributed by atoms with Crippen molar-refractivity contribution in [1.29, 1.82) is 0 Å². The highest BCUT2D eigenvalue weighted by Crippen LogP contribution is 2.84. The molecule has 0 unspecified atom stereocenters. The van der Waals surface area contributed by atoms with Crippen LogP contribution in [0.4, 0.5) is 0 Å². The van der Waals surface area contributed by atoms with Crippen molar-refractivity contribution in [3.63, 3.8) is 0 Å². The predicted octanol–water partition coefficient (Wildman–Crippen LogP) is 5.71. The third-order valence-corrected chi connectivity index (χ3v) is 6.83. The van der Waals surface area contributed by atoms with Gasteiger partial charge >= 0.3 is 0 Å². The Morgan fingerprint density at radius 3 is 1.15 bits per heavy atom. The van der Waals surface area contributed by atoms with Crippen molar-refractivity contribution in [3.05, 3.63) is 23.3 Å². The van der Waals surface area contributed by atoms with E-state index in [0.717, 1.165) is 35.5 Å². The van der Waals surface area contributed by atoms with Gasteiger partial charge < -0.3 is 0 Å². The summed E-state index contributed by atoms with van der Waals surface area (Å²) in [4.78, 5) is 0. The van der Waals surface area contributed by atoms with Crippen molar-refractivity contribution in [2.24, 2.45) is 46.3 Å². The summed E-state index contributed by atoms with van der Waals surface area (Å²) in [5.41, 5.74) is 4.50. The molecule has 0 aromatic heterocycles. The van der Waals surface area contributed by atoms with E-state index in [1.54, 1.807) is 11.1 Å².